The first-order valence-corrected chi connectivity index (χ1v) is 8.46. The van der Waals surface area contributed by atoms with Crippen LogP contribution in [0.2, 0.25) is 0 Å². The van der Waals surface area contributed by atoms with E-state index >= 15 is 0 Å². The Kier molecular flexibility index (Phi) is 5.50. The second-order valence-corrected chi connectivity index (χ2v) is 6.10. The zero-order chi connectivity index (χ0) is 17.7. The van der Waals surface area contributed by atoms with E-state index in [1.165, 1.54) is 6.20 Å². The number of hydrogen-bond donors (Lipinski definition) is 1. The number of hydrogen-bond acceptors (Lipinski definition) is 6. The monoisotopic (exact) mass is 359 g/mol. The van der Waals surface area contributed by atoms with Gasteiger partial charge in [-0.2, -0.15) is 4.98 Å². The summed E-state index contributed by atoms with van der Waals surface area (Å²) in [6.45, 7) is 3.98. The first kappa shape index (κ1) is 17.9. The Morgan fingerprint density at radius 1 is 1.12 bits per heavy atom. The summed E-state index contributed by atoms with van der Waals surface area (Å²) in [5.41, 5.74) is -0.0509. The molecule has 24 heavy (non-hydrogen) atoms. The highest BCUT2D eigenvalue weighted by Crippen LogP contribution is 2.26. The van der Waals surface area contributed by atoms with Gasteiger partial charge in [-0.15, -0.1) is 0 Å². The Balaban J connectivity index is 2.35. The molecular weight excluding hydrogens is 344 g/mol. The molecular formula is C14H15F2N3O4S. The summed E-state index contributed by atoms with van der Waals surface area (Å²) in [4.78, 5) is 7.35. The van der Waals surface area contributed by atoms with Gasteiger partial charge in [-0.3, -0.25) is 4.72 Å². The summed E-state index contributed by atoms with van der Waals surface area (Å²) < 4.78 is 63.3. The van der Waals surface area contributed by atoms with Crippen molar-refractivity contribution >= 4 is 15.7 Å². The van der Waals surface area contributed by atoms with Gasteiger partial charge in [-0.05, 0) is 32.0 Å². The molecule has 0 aliphatic rings. The summed E-state index contributed by atoms with van der Waals surface area (Å²) in [7, 11) is -4.18. The molecule has 1 N–H and O–H groups in total. The van der Waals surface area contributed by atoms with Crippen LogP contribution in [-0.4, -0.2) is 31.6 Å². The smallest absolute Gasteiger partial charge is 0.319 e. The fourth-order valence-corrected chi connectivity index (χ4v) is 2.77. The molecule has 0 saturated heterocycles. The number of benzene rings is 1. The summed E-state index contributed by atoms with van der Waals surface area (Å²) in [6, 6.07) is 2.27. The zero-order valence-corrected chi connectivity index (χ0v) is 13.7. The molecule has 0 aliphatic heterocycles. The molecule has 0 saturated carbocycles. The van der Waals surface area contributed by atoms with Crippen LogP contribution in [0, 0.1) is 11.6 Å². The molecule has 0 spiro atoms. The number of halogens is 2. The van der Waals surface area contributed by atoms with Crippen molar-refractivity contribution in [2.45, 2.75) is 18.7 Å². The van der Waals surface area contributed by atoms with Crippen molar-refractivity contribution in [1.82, 2.24) is 9.97 Å². The van der Waals surface area contributed by atoms with E-state index in [4.69, 9.17) is 9.47 Å². The van der Waals surface area contributed by atoms with Crippen LogP contribution in [0.3, 0.4) is 0 Å². The second kappa shape index (κ2) is 7.39. The van der Waals surface area contributed by atoms with Crippen LogP contribution in [0.5, 0.6) is 11.9 Å². The minimum absolute atomic E-state index is 0.0247. The SMILES string of the molecule is CCOc1ncc(NS(=O)(=O)c2ccc(F)c(F)c2)c(OCC)n1. The topological polar surface area (TPSA) is 90.4 Å². The molecule has 0 bridgehead atoms. The predicted octanol–water partition coefficient (Wildman–Crippen LogP) is 2.35. The fourth-order valence-electron chi connectivity index (χ4n) is 1.71. The highest BCUT2D eigenvalue weighted by atomic mass is 32.2. The quantitative estimate of drug-likeness (QED) is 0.816. The third-order valence-corrected chi connectivity index (χ3v) is 4.10. The maximum Gasteiger partial charge on any atom is 0.319 e. The lowest BCUT2D eigenvalue weighted by atomic mass is 10.3. The third-order valence-electron chi connectivity index (χ3n) is 2.73. The summed E-state index contributed by atoms with van der Waals surface area (Å²) in [5.74, 6) is -2.46. The third kappa shape index (κ3) is 4.07. The van der Waals surface area contributed by atoms with Crippen LogP contribution in [-0.2, 0) is 10.0 Å². The maximum absolute atomic E-state index is 13.3. The van der Waals surface area contributed by atoms with E-state index in [0.717, 1.165) is 12.1 Å². The molecule has 1 aromatic heterocycles. The van der Waals surface area contributed by atoms with Gasteiger partial charge < -0.3 is 9.47 Å². The molecule has 130 valence electrons. The average molecular weight is 359 g/mol. The molecule has 0 aliphatic carbocycles. The Bertz CT molecular complexity index is 831. The normalized spacial score (nSPS) is 11.2. The molecule has 0 unspecified atom stereocenters. The van der Waals surface area contributed by atoms with Gasteiger partial charge in [0.1, 0.15) is 5.69 Å². The maximum atomic E-state index is 13.3. The van der Waals surface area contributed by atoms with E-state index in [1.54, 1.807) is 13.8 Å². The van der Waals surface area contributed by atoms with Crippen LogP contribution < -0.4 is 14.2 Å². The van der Waals surface area contributed by atoms with Gasteiger partial charge in [0.05, 0.1) is 24.3 Å². The lowest BCUT2D eigenvalue weighted by Gasteiger charge is -2.12. The number of nitrogens with one attached hydrogen (secondary N) is 1. The van der Waals surface area contributed by atoms with Gasteiger partial charge in [-0.25, -0.2) is 22.2 Å². The number of sulfonamides is 1. The predicted molar refractivity (Wildman–Crippen MR) is 81.5 cm³/mol. The molecule has 0 atom stereocenters. The van der Waals surface area contributed by atoms with Gasteiger partial charge in [0.15, 0.2) is 11.6 Å². The molecule has 2 aromatic rings. The first-order chi connectivity index (χ1) is 11.4. The molecule has 0 amide bonds. The standard InChI is InChI=1S/C14H15F2N3O4S/c1-3-22-13-12(8-17-14(18-13)23-4-2)19-24(20,21)9-5-6-10(15)11(16)7-9/h5-8,19H,3-4H2,1-2H3. The Hall–Kier alpha value is -2.49. The Morgan fingerprint density at radius 3 is 2.46 bits per heavy atom. The van der Waals surface area contributed by atoms with Gasteiger partial charge >= 0.3 is 6.01 Å². The summed E-state index contributed by atoms with van der Waals surface area (Å²) in [6.07, 6.45) is 1.17. The number of ether oxygens (including phenoxy) is 2. The molecule has 7 nitrogen and oxygen atoms in total. The zero-order valence-electron chi connectivity index (χ0n) is 12.9. The van der Waals surface area contributed by atoms with E-state index in [9.17, 15) is 17.2 Å². The first-order valence-electron chi connectivity index (χ1n) is 6.98. The Labute approximate surface area is 137 Å². The molecule has 2 rings (SSSR count). The Morgan fingerprint density at radius 2 is 1.83 bits per heavy atom. The van der Waals surface area contributed by atoms with Crippen LogP contribution >= 0.6 is 0 Å². The van der Waals surface area contributed by atoms with Crippen molar-refractivity contribution in [3.05, 3.63) is 36.0 Å². The minimum atomic E-state index is -4.18. The average Bonchev–Trinajstić information content (AvgIpc) is 2.53. The van der Waals surface area contributed by atoms with Crippen molar-refractivity contribution in [2.24, 2.45) is 0 Å². The van der Waals surface area contributed by atoms with E-state index in [-0.39, 0.29) is 24.2 Å². The second-order valence-electron chi connectivity index (χ2n) is 4.42. The molecule has 1 heterocycles. The molecule has 10 heteroatoms. The van der Waals surface area contributed by atoms with Crippen molar-refractivity contribution < 1.29 is 26.7 Å². The summed E-state index contributed by atoms with van der Waals surface area (Å²) in [5, 5.41) is 0. The van der Waals surface area contributed by atoms with Gasteiger partial charge in [-0.1, -0.05) is 0 Å². The van der Waals surface area contributed by atoms with Crippen LogP contribution in [0.1, 0.15) is 13.8 Å². The van der Waals surface area contributed by atoms with Gasteiger partial charge in [0.25, 0.3) is 10.0 Å². The van der Waals surface area contributed by atoms with E-state index in [1.807, 2.05) is 0 Å². The van der Waals surface area contributed by atoms with E-state index in [0.29, 0.717) is 12.7 Å². The number of anilines is 1. The van der Waals surface area contributed by atoms with Gasteiger partial charge in [0, 0.05) is 0 Å². The van der Waals surface area contributed by atoms with E-state index < -0.39 is 26.6 Å². The molecule has 0 fully saturated rings. The fraction of sp³-hybridized carbons (Fsp3) is 0.286. The highest BCUT2D eigenvalue weighted by Gasteiger charge is 2.20. The number of nitrogens with zero attached hydrogens (tertiary/aromatic N) is 2. The van der Waals surface area contributed by atoms with E-state index in [2.05, 4.69) is 14.7 Å². The van der Waals surface area contributed by atoms with Gasteiger partial charge in [0.2, 0.25) is 5.88 Å². The molecule has 0 radical (unpaired) electrons. The van der Waals surface area contributed by atoms with Crippen molar-refractivity contribution in [3.63, 3.8) is 0 Å². The lowest BCUT2D eigenvalue weighted by molar-refractivity contribution is 0.290. The van der Waals surface area contributed by atoms with Crippen molar-refractivity contribution in [3.8, 4) is 11.9 Å². The van der Waals surface area contributed by atoms with Crippen LogP contribution in [0.4, 0.5) is 14.5 Å². The lowest BCUT2D eigenvalue weighted by Crippen LogP contribution is -2.15. The van der Waals surface area contributed by atoms with Crippen LogP contribution in [0.15, 0.2) is 29.3 Å². The number of aromatic nitrogens is 2. The minimum Gasteiger partial charge on any atom is -0.476 e. The molecule has 1 aromatic carbocycles. The largest absolute Gasteiger partial charge is 0.476 e. The van der Waals surface area contributed by atoms with Crippen LogP contribution in [0.25, 0.3) is 0 Å². The highest BCUT2D eigenvalue weighted by molar-refractivity contribution is 7.92. The van der Waals surface area contributed by atoms with Crippen molar-refractivity contribution in [2.75, 3.05) is 17.9 Å². The summed E-state index contributed by atoms with van der Waals surface area (Å²) >= 11 is 0. The van der Waals surface area contributed by atoms with Crippen molar-refractivity contribution in [1.29, 1.82) is 0 Å². The number of rotatable bonds is 7.